The topological polar surface area (TPSA) is 26.0 Å². The van der Waals surface area contributed by atoms with Gasteiger partial charge in [-0.1, -0.05) is 12.1 Å². The Bertz CT molecular complexity index is 330. The molecule has 0 amide bonds. The average molecular weight is 207 g/mol. The minimum absolute atomic E-state index is 0.125. The largest absolute Gasteiger partial charge is 0.419 e. The second-order valence-corrected chi connectivity index (χ2v) is 3.00. The van der Waals surface area contributed by atoms with E-state index in [1.165, 1.54) is 13.0 Å². The summed E-state index contributed by atoms with van der Waals surface area (Å²) < 4.78 is 49.9. The first kappa shape index (κ1) is 11.0. The normalized spacial score (nSPS) is 14.1. The standard InChI is InChI=1S/C9H9F4N/c1-5(14)6-3-2-4-7(8(6)10)9(11,12)13/h2-5H,14H2,1H3. The van der Waals surface area contributed by atoms with Crippen molar-refractivity contribution in [3.8, 4) is 0 Å². The molecule has 0 aliphatic rings. The second-order valence-electron chi connectivity index (χ2n) is 3.00. The minimum atomic E-state index is -4.67. The number of rotatable bonds is 1. The van der Waals surface area contributed by atoms with Gasteiger partial charge in [-0.3, -0.25) is 0 Å². The summed E-state index contributed by atoms with van der Waals surface area (Å²) in [5.74, 6) is -1.28. The molecule has 1 nitrogen and oxygen atoms in total. The Morgan fingerprint density at radius 1 is 1.29 bits per heavy atom. The maximum absolute atomic E-state index is 13.2. The van der Waals surface area contributed by atoms with Gasteiger partial charge in [0, 0.05) is 11.6 Å². The Morgan fingerprint density at radius 3 is 2.29 bits per heavy atom. The highest BCUT2D eigenvalue weighted by Crippen LogP contribution is 2.33. The number of nitrogens with two attached hydrogens (primary N) is 1. The molecule has 1 rings (SSSR count). The summed E-state index contributed by atoms with van der Waals surface area (Å²) in [5, 5.41) is 0. The number of alkyl halides is 3. The Labute approximate surface area is 78.5 Å². The maximum Gasteiger partial charge on any atom is 0.419 e. The monoisotopic (exact) mass is 207 g/mol. The molecule has 2 N–H and O–H groups in total. The first-order valence-corrected chi connectivity index (χ1v) is 3.95. The van der Waals surface area contributed by atoms with Gasteiger partial charge in [-0.2, -0.15) is 13.2 Å². The van der Waals surface area contributed by atoms with E-state index in [0.717, 1.165) is 6.07 Å². The van der Waals surface area contributed by atoms with Crippen LogP contribution < -0.4 is 5.73 Å². The third-order valence-corrected chi connectivity index (χ3v) is 1.82. The van der Waals surface area contributed by atoms with E-state index in [0.29, 0.717) is 6.07 Å². The van der Waals surface area contributed by atoms with Crippen LogP contribution in [0.4, 0.5) is 17.6 Å². The van der Waals surface area contributed by atoms with Gasteiger partial charge in [0.05, 0.1) is 5.56 Å². The zero-order chi connectivity index (χ0) is 10.9. The lowest BCUT2D eigenvalue weighted by Crippen LogP contribution is -2.14. The summed E-state index contributed by atoms with van der Waals surface area (Å²) in [6, 6.07) is 2.33. The van der Waals surface area contributed by atoms with Crippen molar-refractivity contribution in [1.82, 2.24) is 0 Å². The maximum atomic E-state index is 13.2. The number of hydrogen-bond acceptors (Lipinski definition) is 1. The summed E-state index contributed by atoms with van der Waals surface area (Å²) >= 11 is 0. The minimum Gasteiger partial charge on any atom is -0.324 e. The van der Waals surface area contributed by atoms with Crippen molar-refractivity contribution in [1.29, 1.82) is 0 Å². The molecule has 14 heavy (non-hydrogen) atoms. The zero-order valence-electron chi connectivity index (χ0n) is 7.40. The Morgan fingerprint density at radius 2 is 1.86 bits per heavy atom. The molecule has 1 unspecified atom stereocenters. The second kappa shape index (κ2) is 3.57. The van der Waals surface area contributed by atoms with E-state index in [1.54, 1.807) is 0 Å². The molecule has 0 aliphatic heterocycles. The molecule has 0 saturated heterocycles. The lowest BCUT2D eigenvalue weighted by Gasteiger charge is -2.12. The van der Waals surface area contributed by atoms with Crippen LogP contribution in [0.3, 0.4) is 0 Å². The van der Waals surface area contributed by atoms with Gasteiger partial charge in [0.2, 0.25) is 0 Å². The third kappa shape index (κ3) is 2.04. The molecule has 1 aromatic rings. The number of benzene rings is 1. The Kier molecular flexibility index (Phi) is 2.80. The summed E-state index contributed by atoms with van der Waals surface area (Å²) in [4.78, 5) is 0. The van der Waals surface area contributed by atoms with E-state index >= 15 is 0 Å². The highest BCUT2D eigenvalue weighted by atomic mass is 19.4. The molecular formula is C9H9F4N. The summed E-state index contributed by atoms with van der Waals surface area (Å²) in [5.41, 5.74) is 3.92. The van der Waals surface area contributed by atoms with E-state index < -0.39 is 23.6 Å². The lowest BCUT2D eigenvalue weighted by molar-refractivity contribution is -0.140. The molecule has 1 atom stereocenters. The van der Waals surface area contributed by atoms with E-state index in [-0.39, 0.29) is 5.56 Å². The van der Waals surface area contributed by atoms with Gasteiger partial charge >= 0.3 is 6.18 Å². The average Bonchev–Trinajstić information content (AvgIpc) is 2.01. The molecule has 0 aliphatic carbocycles. The molecule has 0 bridgehead atoms. The van der Waals surface area contributed by atoms with E-state index in [2.05, 4.69) is 0 Å². The van der Waals surface area contributed by atoms with Crippen molar-refractivity contribution in [3.63, 3.8) is 0 Å². The molecule has 0 radical (unpaired) electrons. The van der Waals surface area contributed by atoms with Crippen LogP contribution in [0, 0.1) is 5.82 Å². The van der Waals surface area contributed by atoms with Crippen LogP contribution in [0.25, 0.3) is 0 Å². The van der Waals surface area contributed by atoms with Gasteiger partial charge in [0.15, 0.2) is 0 Å². The van der Waals surface area contributed by atoms with Crippen LogP contribution in [-0.4, -0.2) is 0 Å². The van der Waals surface area contributed by atoms with Crippen molar-refractivity contribution >= 4 is 0 Å². The first-order valence-electron chi connectivity index (χ1n) is 3.95. The zero-order valence-corrected chi connectivity index (χ0v) is 7.40. The lowest BCUT2D eigenvalue weighted by atomic mass is 10.0. The molecule has 5 heteroatoms. The smallest absolute Gasteiger partial charge is 0.324 e. The third-order valence-electron chi connectivity index (χ3n) is 1.82. The van der Waals surface area contributed by atoms with Gasteiger partial charge in [-0.25, -0.2) is 4.39 Å². The Hall–Kier alpha value is -1.10. The van der Waals surface area contributed by atoms with Gasteiger partial charge in [0.1, 0.15) is 5.82 Å². The number of halogens is 4. The van der Waals surface area contributed by atoms with Crippen molar-refractivity contribution in [2.24, 2.45) is 5.73 Å². The van der Waals surface area contributed by atoms with Gasteiger partial charge < -0.3 is 5.73 Å². The van der Waals surface area contributed by atoms with Crippen molar-refractivity contribution in [2.45, 2.75) is 19.1 Å². The summed E-state index contributed by atoms with van der Waals surface area (Å²) in [6.07, 6.45) is -4.67. The van der Waals surface area contributed by atoms with Crippen LogP contribution in [-0.2, 0) is 6.18 Å². The summed E-state index contributed by atoms with van der Waals surface area (Å²) in [7, 11) is 0. The summed E-state index contributed by atoms with van der Waals surface area (Å²) in [6.45, 7) is 1.43. The van der Waals surface area contributed by atoms with Gasteiger partial charge in [0.25, 0.3) is 0 Å². The van der Waals surface area contributed by atoms with Crippen LogP contribution in [0.5, 0.6) is 0 Å². The molecule has 78 valence electrons. The fraction of sp³-hybridized carbons (Fsp3) is 0.333. The Balaban J connectivity index is 3.28. The molecule has 0 saturated carbocycles. The molecule has 1 aromatic carbocycles. The van der Waals surface area contributed by atoms with Crippen molar-refractivity contribution in [3.05, 3.63) is 35.1 Å². The van der Waals surface area contributed by atoms with Crippen molar-refractivity contribution in [2.75, 3.05) is 0 Å². The number of hydrogen-bond donors (Lipinski definition) is 1. The quantitative estimate of drug-likeness (QED) is 0.704. The highest BCUT2D eigenvalue weighted by molar-refractivity contribution is 5.29. The van der Waals surface area contributed by atoms with Gasteiger partial charge in [-0.05, 0) is 13.0 Å². The molecule has 0 spiro atoms. The predicted molar refractivity (Wildman–Crippen MR) is 44.0 cm³/mol. The SMILES string of the molecule is CC(N)c1cccc(C(F)(F)F)c1F. The fourth-order valence-electron chi connectivity index (χ4n) is 1.12. The molecule has 0 aromatic heterocycles. The predicted octanol–water partition coefficient (Wildman–Crippen LogP) is 2.86. The van der Waals surface area contributed by atoms with E-state index in [9.17, 15) is 17.6 Å². The molecular weight excluding hydrogens is 198 g/mol. The van der Waals surface area contributed by atoms with Crippen LogP contribution >= 0.6 is 0 Å². The first-order chi connectivity index (χ1) is 6.34. The van der Waals surface area contributed by atoms with Crippen LogP contribution in [0.1, 0.15) is 24.1 Å². The van der Waals surface area contributed by atoms with E-state index in [4.69, 9.17) is 5.73 Å². The van der Waals surface area contributed by atoms with Crippen LogP contribution in [0.15, 0.2) is 18.2 Å². The van der Waals surface area contributed by atoms with Crippen molar-refractivity contribution < 1.29 is 17.6 Å². The van der Waals surface area contributed by atoms with Crippen LogP contribution in [0.2, 0.25) is 0 Å². The molecule has 0 fully saturated rings. The highest BCUT2D eigenvalue weighted by Gasteiger charge is 2.34. The fourth-order valence-corrected chi connectivity index (χ4v) is 1.12. The van der Waals surface area contributed by atoms with E-state index in [1.807, 2.05) is 0 Å². The van der Waals surface area contributed by atoms with Gasteiger partial charge in [-0.15, -0.1) is 0 Å². The molecule has 0 heterocycles.